The van der Waals surface area contributed by atoms with Crippen LogP contribution in [-0.4, -0.2) is 29.6 Å². The van der Waals surface area contributed by atoms with Crippen LogP contribution in [-0.2, 0) is 6.54 Å². The van der Waals surface area contributed by atoms with Gasteiger partial charge in [-0.1, -0.05) is 13.8 Å². The fourth-order valence-electron chi connectivity index (χ4n) is 2.14. The van der Waals surface area contributed by atoms with Gasteiger partial charge in [0.15, 0.2) is 17.8 Å². The minimum Gasteiger partial charge on any atom is -0.459 e. The number of aromatic hydroxyl groups is 1. The standard InChI is InChI=1S/C14H21N3O/c1-5-16(6-2)7-8-17-12(4)9-11(3)13(10-15)14(17)18/h9H,5-8H2,1-4H3/p+1. The van der Waals surface area contributed by atoms with Gasteiger partial charge in [-0.05, 0) is 25.6 Å². The minimum atomic E-state index is 0.0853. The molecule has 0 saturated carbocycles. The van der Waals surface area contributed by atoms with Gasteiger partial charge in [0.05, 0.1) is 6.54 Å². The highest BCUT2D eigenvalue weighted by atomic mass is 16.3. The first-order chi connectivity index (χ1) is 8.54. The van der Waals surface area contributed by atoms with Crippen LogP contribution in [0.4, 0.5) is 0 Å². The first kappa shape index (κ1) is 14.5. The Bertz CT molecular complexity index is 459. The summed E-state index contributed by atoms with van der Waals surface area (Å²) >= 11 is 0. The largest absolute Gasteiger partial charge is 0.459 e. The van der Waals surface area contributed by atoms with E-state index in [2.05, 4.69) is 24.8 Å². The number of rotatable bonds is 5. The quantitative estimate of drug-likeness (QED) is 0.804. The summed E-state index contributed by atoms with van der Waals surface area (Å²) in [6, 6.07) is 4.01. The van der Waals surface area contributed by atoms with E-state index in [4.69, 9.17) is 5.26 Å². The zero-order valence-electron chi connectivity index (χ0n) is 11.7. The average molecular weight is 248 g/mol. The van der Waals surface area contributed by atoms with Gasteiger partial charge >= 0.3 is 5.88 Å². The molecule has 0 saturated heterocycles. The summed E-state index contributed by atoms with van der Waals surface area (Å²) in [5.74, 6) is 0.0853. The zero-order valence-corrected chi connectivity index (χ0v) is 11.7. The summed E-state index contributed by atoms with van der Waals surface area (Å²) in [6.07, 6.45) is 0. The SMILES string of the molecule is CCN(CC)CC[n+]1c(C)cc(C)c(C#N)c1O. The Morgan fingerprint density at radius 2 is 1.94 bits per heavy atom. The molecule has 1 heterocycles. The van der Waals surface area contributed by atoms with E-state index in [9.17, 15) is 5.11 Å². The summed E-state index contributed by atoms with van der Waals surface area (Å²) < 4.78 is 1.81. The number of hydrogen-bond donors (Lipinski definition) is 1. The van der Waals surface area contributed by atoms with Gasteiger partial charge in [0.25, 0.3) is 0 Å². The molecule has 0 radical (unpaired) electrons. The average Bonchev–Trinajstić information content (AvgIpc) is 2.34. The molecule has 0 fully saturated rings. The second-order valence-corrected chi connectivity index (χ2v) is 4.46. The maximum absolute atomic E-state index is 10.1. The van der Waals surface area contributed by atoms with E-state index in [0.717, 1.165) is 30.9 Å². The lowest BCUT2D eigenvalue weighted by atomic mass is 10.1. The van der Waals surface area contributed by atoms with E-state index in [1.165, 1.54) is 0 Å². The van der Waals surface area contributed by atoms with E-state index < -0.39 is 0 Å². The molecular weight excluding hydrogens is 226 g/mol. The monoisotopic (exact) mass is 248 g/mol. The van der Waals surface area contributed by atoms with Gasteiger partial charge in [-0.25, -0.2) is 0 Å². The molecule has 0 bridgehead atoms. The molecule has 1 rings (SSSR count). The predicted octanol–water partition coefficient (Wildman–Crippen LogP) is 1.51. The fourth-order valence-corrected chi connectivity index (χ4v) is 2.14. The third-order valence-corrected chi connectivity index (χ3v) is 3.37. The molecule has 0 amide bonds. The molecule has 0 spiro atoms. The summed E-state index contributed by atoms with van der Waals surface area (Å²) in [4.78, 5) is 2.29. The van der Waals surface area contributed by atoms with Crippen molar-refractivity contribution in [2.45, 2.75) is 34.2 Å². The maximum Gasteiger partial charge on any atom is 0.384 e. The lowest BCUT2D eigenvalue weighted by molar-refractivity contribution is -0.707. The number of nitrogens with zero attached hydrogens (tertiary/aromatic N) is 3. The van der Waals surface area contributed by atoms with Gasteiger partial charge in [0.2, 0.25) is 0 Å². The molecule has 0 aliphatic rings. The molecular formula is C14H22N3O+. The van der Waals surface area contributed by atoms with Crippen LogP contribution in [0.1, 0.15) is 30.7 Å². The van der Waals surface area contributed by atoms with Crippen molar-refractivity contribution in [2.75, 3.05) is 19.6 Å². The van der Waals surface area contributed by atoms with Gasteiger partial charge < -0.3 is 5.11 Å². The molecule has 0 aliphatic heterocycles. The van der Waals surface area contributed by atoms with E-state index >= 15 is 0 Å². The second kappa shape index (κ2) is 6.36. The lowest BCUT2D eigenvalue weighted by Gasteiger charge is -2.16. The number of likely N-dealkylation sites (N-methyl/N-ethyl adjacent to an activating group) is 1. The highest BCUT2D eigenvalue weighted by molar-refractivity contribution is 5.41. The van der Waals surface area contributed by atoms with Crippen molar-refractivity contribution >= 4 is 0 Å². The molecule has 18 heavy (non-hydrogen) atoms. The van der Waals surface area contributed by atoms with Gasteiger partial charge in [0, 0.05) is 13.0 Å². The lowest BCUT2D eigenvalue weighted by Crippen LogP contribution is -2.43. The van der Waals surface area contributed by atoms with E-state index in [0.29, 0.717) is 12.1 Å². The number of hydrogen-bond acceptors (Lipinski definition) is 3. The van der Waals surface area contributed by atoms with Gasteiger partial charge in [-0.3, -0.25) is 4.90 Å². The molecule has 4 heteroatoms. The van der Waals surface area contributed by atoms with Crippen molar-refractivity contribution in [1.82, 2.24) is 4.90 Å². The van der Waals surface area contributed by atoms with Crippen LogP contribution in [0.3, 0.4) is 0 Å². The minimum absolute atomic E-state index is 0.0853. The summed E-state index contributed by atoms with van der Waals surface area (Å²) in [7, 11) is 0. The fraction of sp³-hybridized carbons (Fsp3) is 0.571. The summed E-state index contributed by atoms with van der Waals surface area (Å²) in [5, 5.41) is 19.2. The Balaban J connectivity index is 2.99. The molecule has 0 aromatic carbocycles. The Morgan fingerprint density at radius 3 is 2.44 bits per heavy atom. The maximum atomic E-state index is 10.1. The van der Waals surface area contributed by atoms with Crippen LogP contribution in [0.25, 0.3) is 0 Å². The first-order valence-corrected chi connectivity index (χ1v) is 6.40. The zero-order chi connectivity index (χ0) is 13.7. The molecule has 4 nitrogen and oxygen atoms in total. The summed E-state index contributed by atoms with van der Waals surface area (Å²) in [6.45, 7) is 11.6. The second-order valence-electron chi connectivity index (χ2n) is 4.46. The number of pyridine rings is 1. The summed E-state index contributed by atoms with van der Waals surface area (Å²) in [5.41, 5.74) is 2.18. The molecule has 0 unspecified atom stereocenters. The Labute approximate surface area is 109 Å². The van der Waals surface area contributed by atoms with Crippen molar-refractivity contribution in [1.29, 1.82) is 5.26 Å². The first-order valence-electron chi connectivity index (χ1n) is 6.40. The van der Waals surface area contributed by atoms with Crippen LogP contribution in [0.5, 0.6) is 5.88 Å². The molecule has 0 atom stereocenters. The Hall–Kier alpha value is -1.60. The predicted molar refractivity (Wildman–Crippen MR) is 70.3 cm³/mol. The van der Waals surface area contributed by atoms with Crippen LogP contribution in [0, 0.1) is 25.2 Å². The highest BCUT2D eigenvalue weighted by Gasteiger charge is 2.21. The van der Waals surface area contributed by atoms with Gasteiger partial charge in [-0.2, -0.15) is 9.83 Å². The topological polar surface area (TPSA) is 51.1 Å². The Kier molecular flexibility index (Phi) is 5.11. The third kappa shape index (κ3) is 2.99. The van der Waals surface area contributed by atoms with Crippen molar-refractivity contribution in [2.24, 2.45) is 0 Å². The van der Waals surface area contributed by atoms with Crippen LogP contribution in [0.15, 0.2) is 6.07 Å². The van der Waals surface area contributed by atoms with Crippen LogP contribution in [0.2, 0.25) is 0 Å². The van der Waals surface area contributed by atoms with E-state index in [1.807, 2.05) is 24.5 Å². The van der Waals surface area contributed by atoms with Crippen LogP contribution < -0.4 is 4.57 Å². The molecule has 1 aromatic rings. The van der Waals surface area contributed by atoms with Crippen molar-refractivity contribution in [3.8, 4) is 11.9 Å². The van der Waals surface area contributed by atoms with E-state index in [1.54, 1.807) is 0 Å². The number of aryl methyl sites for hydroxylation is 2. The Morgan fingerprint density at radius 1 is 1.33 bits per heavy atom. The van der Waals surface area contributed by atoms with Gasteiger partial charge in [0.1, 0.15) is 6.07 Å². The highest BCUT2D eigenvalue weighted by Crippen LogP contribution is 2.16. The molecule has 1 N–H and O–H groups in total. The molecule has 1 aromatic heterocycles. The van der Waals surface area contributed by atoms with Crippen molar-refractivity contribution < 1.29 is 9.67 Å². The van der Waals surface area contributed by atoms with Crippen molar-refractivity contribution in [3.05, 3.63) is 22.9 Å². The smallest absolute Gasteiger partial charge is 0.384 e. The number of aromatic nitrogens is 1. The third-order valence-electron chi connectivity index (χ3n) is 3.37. The van der Waals surface area contributed by atoms with Crippen LogP contribution >= 0.6 is 0 Å². The van der Waals surface area contributed by atoms with E-state index in [-0.39, 0.29) is 5.88 Å². The molecule has 98 valence electrons. The number of nitriles is 1. The normalized spacial score (nSPS) is 10.7. The molecule has 0 aliphatic carbocycles. The van der Waals surface area contributed by atoms with Gasteiger partial charge in [-0.15, -0.1) is 0 Å². The van der Waals surface area contributed by atoms with Crippen molar-refractivity contribution in [3.63, 3.8) is 0 Å².